The molecule has 0 atom stereocenters. The molecule has 78 valence electrons. The lowest BCUT2D eigenvalue weighted by molar-refractivity contribution is 0.0284. The van der Waals surface area contributed by atoms with Crippen LogP contribution in [0.1, 0.15) is 26.2 Å². The highest BCUT2D eigenvalue weighted by molar-refractivity contribution is 7.86. The van der Waals surface area contributed by atoms with E-state index in [1.165, 1.54) is 0 Å². The molecular weight excluding hydrogens is 192 g/mol. The third-order valence-electron chi connectivity index (χ3n) is 1.91. The molecule has 0 radical (unpaired) electrons. The second-order valence-electron chi connectivity index (χ2n) is 3.17. The molecule has 5 heteroatoms. The zero-order valence-corrected chi connectivity index (χ0v) is 8.68. The van der Waals surface area contributed by atoms with Crippen molar-refractivity contribution in [1.29, 1.82) is 0 Å². The number of ether oxygens (including phenoxy) is 1. The Morgan fingerprint density at radius 3 is 2.54 bits per heavy atom. The van der Waals surface area contributed by atoms with Crippen molar-refractivity contribution < 1.29 is 17.3 Å². The van der Waals surface area contributed by atoms with E-state index in [1.54, 1.807) is 0 Å². The van der Waals surface area contributed by atoms with Gasteiger partial charge in [-0.2, -0.15) is 8.42 Å². The van der Waals surface area contributed by atoms with Crippen LogP contribution in [0.15, 0.2) is 0 Å². The molecule has 1 fully saturated rings. The van der Waals surface area contributed by atoms with Gasteiger partial charge in [0.2, 0.25) is 0 Å². The summed E-state index contributed by atoms with van der Waals surface area (Å²) in [6.45, 7) is 3.03. The third kappa shape index (κ3) is 4.06. The van der Waals surface area contributed by atoms with Crippen molar-refractivity contribution in [2.24, 2.45) is 0 Å². The van der Waals surface area contributed by atoms with E-state index in [9.17, 15) is 8.42 Å². The van der Waals surface area contributed by atoms with Crippen molar-refractivity contribution in [1.82, 2.24) is 0 Å². The van der Waals surface area contributed by atoms with E-state index < -0.39 is 10.1 Å². The van der Waals surface area contributed by atoms with Gasteiger partial charge >= 0.3 is 0 Å². The fourth-order valence-electron chi connectivity index (χ4n) is 1.28. The summed E-state index contributed by atoms with van der Waals surface area (Å²) in [7, 11) is -3.29. The van der Waals surface area contributed by atoms with Crippen LogP contribution in [0.2, 0.25) is 0 Å². The van der Waals surface area contributed by atoms with Gasteiger partial charge in [0.15, 0.2) is 0 Å². The molecule has 0 spiro atoms. The predicted molar refractivity (Wildman–Crippen MR) is 49.0 cm³/mol. The smallest absolute Gasteiger partial charge is 0.267 e. The molecule has 1 aliphatic heterocycles. The monoisotopic (exact) mass is 208 g/mol. The summed E-state index contributed by atoms with van der Waals surface area (Å²) < 4.78 is 32.6. The molecule has 0 amide bonds. The molecule has 1 aliphatic rings. The summed E-state index contributed by atoms with van der Waals surface area (Å²) in [6.07, 6.45) is 1.81. The molecule has 1 saturated heterocycles. The SMILES string of the molecule is CCCS(=O)(=O)OC1CCOCC1. The highest BCUT2D eigenvalue weighted by Crippen LogP contribution is 2.13. The van der Waals surface area contributed by atoms with Crippen LogP contribution in [-0.4, -0.2) is 33.5 Å². The largest absolute Gasteiger partial charge is 0.381 e. The van der Waals surface area contributed by atoms with Crippen LogP contribution >= 0.6 is 0 Å². The van der Waals surface area contributed by atoms with E-state index >= 15 is 0 Å². The Morgan fingerprint density at radius 1 is 1.38 bits per heavy atom. The van der Waals surface area contributed by atoms with Crippen LogP contribution in [0.5, 0.6) is 0 Å². The van der Waals surface area contributed by atoms with Crippen molar-refractivity contribution in [2.45, 2.75) is 32.3 Å². The molecular formula is C8H16O4S. The minimum Gasteiger partial charge on any atom is -0.381 e. The Morgan fingerprint density at radius 2 is 2.00 bits per heavy atom. The van der Waals surface area contributed by atoms with E-state index in [1.807, 2.05) is 6.92 Å². The van der Waals surface area contributed by atoms with Crippen molar-refractivity contribution >= 4 is 10.1 Å². The van der Waals surface area contributed by atoms with E-state index in [-0.39, 0.29) is 11.9 Å². The third-order valence-corrected chi connectivity index (χ3v) is 3.38. The Bertz CT molecular complexity index is 229. The lowest BCUT2D eigenvalue weighted by Crippen LogP contribution is -2.27. The van der Waals surface area contributed by atoms with Gasteiger partial charge in [-0.3, -0.25) is 4.18 Å². The minimum atomic E-state index is -3.29. The van der Waals surface area contributed by atoms with E-state index in [0.717, 1.165) is 0 Å². The van der Waals surface area contributed by atoms with Crippen LogP contribution in [0.25, 0.3) is 0 Å². The van der Waals surface area contributed by atoms with Crippen molar-refractivity contribution in [3.05, 3.63) is 0 Å². The van der Waals surface area contributed by atoms with E-state index in [2.05, 4.69) is 0 Å². The lowest BCUT2D eigenvalue weighted by atomic mass is 10.2. The average molecular weight is 208 g/mol. The Balaban J connectivity index is 2.37. The van der Waals surface area contributed by atoms with Gasteiger partial charge in [0.1, 0.15) is 0 Å². The molecule has 1 rings (SSSR count). The summed E-state index contributed by atoms with van der Waals surface area (Å²) in [6, 6.07) is 0. The molecule has 4 nitrogen and oxygen atoms in total. The molecule has 0 aromatic rings. The first-order valence-corrected chi connectivity index (χ1v) is 6.20. The summed E-state index contributed by atoms with van der Waals surface area (Å²) in [5.74, 6) is 0.115. The Kier molecular flexibility index (Phi) is 4.15. The van der Waals surface area contributed by atoms with E-state index in [4.69, 9.17) is 8.92 Å². The maximum absolute atomic E-state index is 11.2. The van der Waals surface area contributed by atoms with Crippen LogP contribution in [-0.2, 0) is 19.0 Å². The van der Waals surface area contributed by atoms with Crippen LogP contribution in [0, 0.1) is 0 Å². The Hall–Kier alpha value is -0.130. The van der Waals surface area contributed by atoms with Gasteiger partial charge in [0.05, 0.1) is 11.9 Å². The highest BCUT2D eigenvalue weighted by Gasteiger charge is 2.21. The first kappa shape index (κ1) is 10.9. The molecule has 0 saturated carbocycles. The summed E-state index contributed by atoms with van der Waals surface area (Å²) in [4.78, 5) is 0. The van der Waals surface area contributed by atoms with Gasteiger partial charge in [-0.15, -0.1) is 0 Å². The number of hydrogen-bond donors (Lipinski definition) is 0. The van der Waals surface area contributed by atoms with Gasteiger partial charge in [-0.25, -0.2) is 0 Å². The van der Waals surface area contributed by atoms with Gasteiger partial charge in [0, 0.05) is 13.2 Å². The van der Waals surface area contributed by atoms with Crippen LogP contribution < -0.4 is 0 Å². The van der Waals surface area contributed by atoms with Crippen LogP contribution in [0.3, 0.4) is 0 Å². The predicted octanol–water partition coefficient (Wildman–Crippen LogP) is 0.922. The molecule has 0 unspecified atom stereocenters. The van der Waals surface area contributed by atoms with Gasteiger partial charge in [-0.1, -0.05) is 6.92 Å². The van der Waals surface area contributed by atoms with Crippen molar-refractivity contribution in [2.75, 3.05) is 19.0 Å². The first-order chi connectivity index (χ1) is 6.14. The van der Waals surface area contributed by atoms with Crippen molar-refractivity contribution in [3.63, 3.8) is 0 Å². The maximum Gasteiger partial charge on any atom is 0.267 e. The molecule has 0 aliphatic carbocycles. The quantitative estimate of drug-likeness (QED) is 0.645. The van der Waals surface area contributed by atoms with E-state index in [0.29, 0.717) is 32.5 Å². The first-order valence-electron chi connectivity index (χ1n) is 4.63. The highest BCUT2D eigenvalue weighted by atomic mass is 32.2. The van der Waals surface area contributed by atoms with Crippen LogP contribution in [0.4, 0.5) is 0 Å². The normalized spacial score (nSPS) is 20.4. The lowest BCUT2D eigenvalue weighted by Gasteiger charge is -2.21. The van der Waals surface area contributed by atoms with Crippen molar-refractivity contribution in [3.8, 4) is 0 Å². The zero-order chi connectivity index (χ0) is 9.73. The van der Waals surface area contributed by atoms with Gasteiger partial charge < -0.3 is 4.74 Å². The number of rotatable bonds is 4. The molecule has 0 N–H and O–H groups in total. The molecule has 13 heavy (non-hydrogen) atoms. The average Bonchev–Trinajstić information content (AvgIpc) is 2.04. The fraction of sp³-hybridized carbons (Fsp3) is 1.00. The molecule has 0 aromatic carbocycles. The summed E-state index contributed by atoms with van der Waals surface area (Å²) >= 11 is 0. The molecule has 0 aromatic heterocycles. The fourth-order valence-corrected chi connectivity index (χ4v) is 2.48. The van der Waals surface area contributed by atoms with Gasteiger partial charge in [0.25, 0.3) is 10.1 Å². The topological polar surface area (TPSA) is 52.6 Å². The summed E-state index contributed by atoms with van der Waals surface area (Å²) in [5, 5.41) is 0. The second-order valence-corrected chi connectivity index (χ2v) is 4.89. The zero-order valence-electron chi connectivity index (χ0n) is 7.86. The Labute approximate surface area is 79.3 Å². The molecule has 0 bridgehead atoms. The standard InChI is InChI=1S/C8H16O4S/c1-2-7-13(9,10)12-8-3-5-11-6-4-8/h8H,2-7H2,1H3. The summed E-state index contributed by atoms with van der Waals surface area (Å²) in [5.41, 5.74) is 0. The maximum atomic E-state index is 11.2. The van der Waals surface area contributed by atoms with Gasteiger partial charge in [-0.05, 0) is 19.3 Å². The minimum absolute atomic E-state index is 0.115. The molecule has 1 heterocycles. The second kappa shape index (κ2) is 4.93. The number of hydrogen-bond acceptors (Lipinski definition) is 4.